The topological polar surface area (TPSA) is 61.5 Å². The van der Waals surface area contributed by atoms with Crippen LogP contribution in [0.5, 0.6) is 5.75 Å². The largest absolute Gasteiger partial charge is 0.495 e. The predicted octanol–water partition coefficient (Wildman–Crippen LogP) is 1.03. The van der Waals surface area contributed by atoms with Gasteiger partial charge in [-0.3, -0.25) is 4.21 Å². The Labute approximate surface area is 91.8 Å². The molecule has 0 aliphatic carbocycles. The zero-order chi connectivity index (χ0) is 11.3. The maximum absolute atomic E-state index is 11.8. The maximum Gasteiger partial charge on any atom is 0.137 e. The lowest BCUT2D eigenvalue weighted by Crippen LogP contribution is -2.06. The van der Waals surface area contributed by atoms with Crippen molar-refractivity contribution in [3.8, 4) is 5.75 Å². The van der Waals surface area contributed by atoms with Crippen molar-refractivity contribution in [3.05, 3.63) is 18.2 Å². The minimum Gasteiger partial charge on any atom is -0.495 e. The molecule has 1 rings (SSSR count). The Bertz CT molecular complexity index is 355. The molecule has 1 unspecified atom stereocenters. The number of nitrogens with two attached hydrogens (primary N) is 1. The Morgan fingerprint density at radius 2 is 2.13 bits per heavy atom. The van der Waals surface area contributed by atoms with E-state index >= 15 is 0 Å². The van der Waals surface area contributed by atoms with Crippen molar-refractivity contribution < 1.29 is 13.7 Å². The minimum atomic E-state index is -1.11. The number of benzene rings is 1. The molecule has 0 aromatic heterocycles. The van der Waals surface area contributed by atoms with Crippen molar-refractivity contribution in [1.82, 2.24) is 0 Å². The molecular formula is C10H15NO3S. The number of hydrogen-bond donors (Lipinski definition) is 1. The highest BCUT2D eigenvalue weighted by Crippen LogP contribution is 2.24. The maximum atomic E-state index is 11.8. The zero-order valence-corrected chi connectivity index (χ0v) is 9.67. The van der Waals surface area contributed by atoms with Gasteiger partial charge >= 0.3 is 0 Å². The van der Waals surface area contributed by atoms with E-state index in [1.807, 2.05) is 0 Å². The number of nitrogen functional groups attached to an aromatic ring is 1. The van der Waals surface area contributed by atoms with Crippen molar-refractivity contribution in [1.29, 1.82) is 0 Å². The number of ether oxygens (including phenoxy) is 2. The van der Waals surface area contributed by atoms with Crippen LogP contribution in [0.4, 0.5) is 5.69 Å². The molecule has 84 valence electrons. The van der Waals surface area contributed by atoms with Gasteiger partial charge in [0.2, 0.25) is 0 Å². The molecule has 1 aromatic rings. The second-order valence-corrected chi connectivity index (χ2v) is 4.49. The Balaban J connectivity index is 2.87. The van der Waals surface area contributed by atoms with Crippen LogP contribution in [-0.4, -0.2) is 30.8 Å². The lowest BCUT2D eigenvalue weighted by Gasteiger charge is -2.08. The van der Waals surface area contributed by atoms with Crippen molar-refractivity contribution in [3.63, 3.8) is 0 Å². The van der Waals surface area contributed by atoms with Crippen LogP contribution in [0.3, 0.4) is 0 Å². The summed E-state index contributed by atoms with van der Waals surface area (Å²) in [5.74, 6) is 1.01. The van der Waals surface area contributed by atoms with Gasteiger partial charge < -0.3 is 15.2 Å². The van der Waals surface area contributed by atoms with Gasteiger partial charge in [-0.1, -0.05) is 0 Å². The Morgan fingerprint density at radius 3 is 2.73 bits per heavy atom. The molecule has 0 heterocycles. The SMILES string of the molecule is COCCS(=O)c1ccc(N)cc1OC. The van der Waals surface area contributed by atoms with Gasteiger partial charge in [0.1, 0.15) is 5.75 Å². The molecule has 2 N–H and O–H groups in total. The fraction of sp³-hybridized carbons (Fsp3) is 0.400. The van der Waals surface area contributed by atoms with E-state index in [0.717, 1.165) is 0 Å². The molecule has 0 fully saturated rings. The first-order valence-electron chi connectivity index (χ1n) is 4.50. The van der Waals surface area contributed by atoms with Gasteiger partial charge in [0.25, 0.3) is 0 Å². The van der Waals surface area contributed by atoms with Gasteiger partial charge in [-0.15, -0.1) is 0 Å². The van der Waals surface area contributed by atoms with E-state index in [9.17, 15) is 4.21 Å². The molecule has 0 aliphatic rings. The first-order chi connectivity index (χ1) is 7.19. The van der Waals surface area contributed by atoms with Crippen LogP contribution >= 0.6 is 0 Å². The molecule has 4 nitrogen and oxygen atoms in total. The number of methoxy groups -OCH3 is 2. The Kier molecular flexibility index (Phi) is 4.58. The number of hydrogen-bond acceptors (Lipinski definition) is 4. The quantitative estimate of drug-likeness (QED) is 0.766. The smallest absolute Gasteiger partial charge is 0.137 e. The molecule has 15 heavy (non-hydrogen) atoms. The first-order valence-corrected chi connectivity index (χ1v) is 5.81. The first kappa shape index (κ1) is 12.0. The van der Waals surface area contributed by atoms with E-state index in [4.69, 9.17) is 15.2 Å². The summed E-state index contributed by atoms with van der Waals surface area (Å²) in [5, 5.41) is 0. The molecule has 1 aromatic carbocycles. The highest BCUT2D eigenvalue weighted by Gasteiger charge is 2.10. The monoisotopic (exact) mass is 229 g/mol. The molecule has 0 aliphatic heterocycles. The summed E-state index contributed by atoms with van der Waals surface area (Å²) in [7, 11) is 2.01. The average molecular weight is 229 g/mol. The molecule has 5 heteroatoms. The van der Waals surface area contributed by atoms with Crippen molar-refractivity contribution in [2.24, 2.45) is 0 Å². The lowest BCUT2D eigenvalue weighted by molar-refractivity contribution is 0.218. The van der Waals surface area contributed by atoms with Crippen molar-refractivity contribution >= 4 is 16.5 Å². The van der Waals surface area contributed by atoms with Crippen LogP contribution in [0.25, 0.3) is 0 Å². The van der Waals surface area contributed by atoms with E-state index in [1.54, 1.807) is 25.3 Å². The molecule has 0 radical (unpaired) electrons. The van der Waals surface area contributed by atoms with E-state index < -0.39 is 10.8 Å². The normalized spacial score (nSPS) is 12.4. The van der Waals surface area contributed by atoms with E-state index in [2.05, 4.69) is 0 Å². The second kappa shape index (κ2) is 5.72. The summed E-state index contributed by atoms with van der Waals surface area (Å²) in [6.45, 7) is 0.458. The average Bonchev–Trinajstić information content (AvgIpc) is 2.25. The fourth-order valence-electron chi connectivity index (χ4n) is 1.14. The minimum absolute atomic E-state index is 0.455. The van der Waals surface area contributed by atoms with Gasteiger partial charge in [0.05, 0.1) is 35.2 Å². The third kappa shape index (κ3) is 3.21. The third-order valence-corrected chi connectivity index (χ3v) is 3.27. The highest BCUT2D eigenvalue weighted by molar-refractivity contribution is 7.85. The fourth-order valence-corrected chi connectivity index (χ4v) is 2.27. The second-order valence-electron chi connectivity index (χ2n) is 2.95. The molecular weight excluding hydrogens is 214 g/mol. The van der Waals surface area contributed by atoms with Crippen LogP contribution < -0.4 is 10.5 Å². The molecule has 0 amide bonds. The standard InChI is InChI=1S/C10H15NO3S/c1-13-5-6-15(12)10-4-3-8(11)7-9(10)14-2/h3-4,7H,5-6,11H2,1-2H3. The summed E-state index contributed by atoms with van der Waals surface area (Å²) < 4.78 is 21.8. The summed E-state index contributed by atoms with van der Waals surface area (Å²) in [6.07, 6.45) is 0. The third-order valence-electron chi connectivity index (χ3n) is 1.91. The number of rotatable bonds is 5. The molecule has 0 saturated carbocycles. The van der Waals surface area contributed by atoms with Crippen LogP contribution in [0.1, 0.15) is 0 Å². The van der Waals surface area contributed by atoms with E-state index in [0.29, 0.717) is 28.7 Å². The van der Waals surface area contributed by atoms with Crippen LogP contribution in [0.2, 0.25) is 0 Å². The van der Waals surface area contributed by atoms with Crippen molar-refractivity contribution in [2.75, 3.05) is 32.3 Å². The van der Waals surface area contributed by atoms with E-state index in [1.165, 1.54) is 7.11 Å². The lowest BCUT2D eigenvalue weighted by atomic mass is 10.3. The highest BCUT2D eigenvalue weighted by atomic mass is 32.2. The molecule has 0 saturated heterocycles. The summed E-state index contributed by atoms with van der Waals surface area (Å²) in [6, 6.07) is 5.10. The molecule has 1 atom stereocenters. The van der Waals surface area contributed by atoms with Crippen LogP contribution in [0, 0.1) is 0 Å². The van der Waals surface area contributed by atoms with Gasteiger partial charge in [0, 0.05) is 18.9 Å². The van der Waals surface area contributed by atoms with Gasteiger partial charge in [-0.25, -0.2) is 0 Å². The zero-order valence-electron chi connectivity index (χ0n) is 8.86. The molecule has 0 spiro atoms. The van der Waals surface area contributed by atoms with Crippen LogP contribution in [0.15, 0.2) is 23.1 Å². The number of anilines is 1. The summed E-state index contributed by atoms with van der Waals surface area (Å²) in [4.78, 5) is 0.656. The van der Waals surface area contributed by atoms with Gasteiger partial charge in [-0.05, 0) is 12.1 Å². The summed E-state index contributed by atoms with van der Waals surface area (Å²) >= 11 is 0. The summed E-state index contributed by atoms with van der Waals surface area (Å²) in [5.41, 5.74) is 6.20. The molecule has 0 bridgehead atoms. The Hall–Kier alpha value is -1.07. The van der Waals surface area contributed by atoms with Gasteiger partial charge in [0.15, 0.2) is 0 Å². The predicted molar refractivity (Wildman–Crippen MR) is 60.6 cm³/mol. The Morgan fingerprint density at radius 1 is 1.40 bits per heavy atom. The van der Waals surface area contributed by atoms with Crippen molar-refractivity contribution in [2.45, 2.75) is 4.90 Å². The van der Waals surface area contributed by atoms with Gasteiger partial charge in [-0.2, -0.15) is 0 Å². The van der Waals surface area contributed by atoms with E-state index in [-0.39, 0.29) is 0 Å². The van der Waals surface area contributed by atoms with Crippen LogP contribution in [-0.2, 0) is 15.5 Å².